The van der Waals surface area contributed by atoms with Crippen LogP contribution in [0.15, 0.2) is 60.1 Å². The van der Waals surface area contributed by atoms with Crippen LogP contribution in [0.2, 0.25) is 0 Å². The van der Waals surface area contributed by atoms with Crippen LogP contribution in [0.4, 0.5) is 24.0 Å². The van der Waals surface area contributed by atoms with Crippen LogP contribution in [0.5, 0.6) is 0 Å². The van der Waals surface area contributed by atoms with Crippen LogP contribution in [-0.2, 0) is 11.0 Å². The minimum Gasteiger partial charge on any atom is -0.326 e. The normalized spacial score (nSPS) is 11.3. The summed E-state index contributed by atoms with van der Waals surface area (Å²) in [6.07, 6.45) is -3.91. The highest BCUT2D eigenvalue weighted by atomic mass is 32.1. The van der Waals surface area contributed by atoms with Crippen molar-refractivity contribution in [3.8, 4) is 16.9 Å². The first-order valence-corrected chi connectivity index (χ1v) is 10.9. The molecular formula is C23H18F3N5O2S. The number of nitrogens with zero attached hydrogens (tertiary/aromatic N) is 3. The van der Waals surface area contributed by atoms with Crippen molar-refractivity contribution in [2.45, 2.75) is 20.0 Å². The molecule has 0 atom stereocenters. The topological polar surface area (TPSA) is 88.9 Å². The van der Waals surface area contributed by atoms with E-state index < -0.39 is 23.3 Å². The van der Waals surface area contributed by atoms with Gasteiger partial charge in [-0.2, -0.15) is 18.3 Å². The summed E-state index contributed by atoms with van der Waals surface area (Å²) in [5, 5.41) is 10.7. The number of rotatable bonds is 5. The van der Waals surface area contributed by atoms with Gasteiger partial charge in [-0.3, -0.25) is 14.9 Å². The minimum atomic E-state index is -4.81. The van der Waals surface area contributed by atoms with Gasteiger partial charge in [0, 0.05) is 23.6 Å². The van der Waals surface area contributed by atoms with E-state index in [0.29, 0.717) is 21.6 Å². The predicted octanol–water partition coefficient (Wildman–Crippen LogP) is 5.53. The number of halogens is 3. The highest BCUT2D eigenvalue weighted by molar-refractivity contribution is 7.14. The number of carbonyl (C=O) groups is 2. The Hall–Kier alpha value is -3.99. The second kappa shape index (κ2) is 9.10. The summed E-state index contributed by atoms with van der Waals surface area (Å²) in [5.41, 5.74) is 1.16. The van der Waals surface area contributed by atoms with Crippen molar-refractivity contribution in [3.05, 3.63) is 76.9 Å². The minimum absolute atomic E-state index is 0.141. The van der Waals surface area contributed by atoms with E-state index in [0.717, 1.165) is 23.1 Å². The van der Waals surface area contributed by atoms with Gasteiger partial charge in [-0.15, -0.1) is 11.3 Å². The number of nitrogens with one attached hydrogen (secondary N) is 2. The summed E-state index contributed by atoms with van der Waals surface area (Å²) in [5.74, 6) is -1.16. The second-order valence-corrected chi connectivity index (χ2v) is 8.26. The number of carbonyl (C=O) groups excluding carboxylic acids is 2. The third-order valence-corrected chi connectivity index (χ3v) is 5.54. The average molecular weight is 485 g/mol. The maximum Gasteiger partial charge on any atom is 0.434 e. The van der Waals surface area contributed by atoms with E-state index >= 15 is 0 Å². The van der Waals surface area contributed by atoms with Gasteiger partial charge < -0.3 is 5.32 Å². The number of hydrogen-bond donors (Lipinski definition) is 2. The monoisotopic (exact) mass is 485 g/mol. The molecule has 4 aromatic rings. The van der Waals surface area contributed by atoms with Crippen LogP contribution in [0.3, 0.4) is 0 Å². The van der Waals surface area contributed by atoms with E-state index in [1.807, 2.05) is 6.92 Å². The van der Waals surface area contributed by atoms with E-state index in [2.05, 4.69) is 20.7 Å². The molecule has 0 aliphatic heterocycles. The first-order valence-electron chi connectivity index (χ1n) is 9.99. The highest BCUT2D eigenvalue weighted by Crippen LogP contribution is 2.34. The molecule has 0 bridgehead atoms. The first kappa shape index (κ1) is 23.2. The molecule has 174 valence electrons. The van der Waals surface area contributed by atoms with Gasteiger partial charge in [-0.05, 0) is 31.2 Å². The molecule has 2 N–H and O–H groups in total. The maximum atomic E-state index is 13.9. The third-order valence-electron chi connectivity index (χ3n) is 4.79. The van der Waals surface area contributed by atoms with Gasteiger partial charge in [0.15, 0.2) is 10.8 Å². The Morgan fingerprint density at radius 2 is 1.68 bits per heavy atom. The zero-order valence-corrected chi connectivity index (χ0v) is 18.8. The molecule has 0 spiro atoms. The molecule has 2 heterocycles. The van der Waals surface area contributed by atoms with Crippen LogP contribution in [0.1, 0.15) is 28.5 Å². The van der Waals surface area contributed by atoms with Crippen LogP contribution in [0, 0.1) is 6.92 Å². The lowest BCUT2D eigenvalue weighted by atomic mass is 10.1. The van der Waals surface area contributed by atoms with Crippen molar-refractivity contribution in [2.24, 2.45) is 0 Å². The fraction of sp³-hybridized carbons (Fsp3) is 0.130. The Morgan fingerprint density at radius 3 is 2.29 bits per heavy atom. The molecular weight excluding hydrogens is 467 g/mol. The van der Waals surface area contributed by atoms with Gasteiger partial charge >= 0.3 is 6.18 Å². The number of thiazole rings is 1. The smallest absolute Gasteiger partial charge is 0.326 e. The predicted molar refractivity (Wildman–Crippen MR) is 123 cm³/mol. The molecule has 2 aromatic carbocycles. The summed E-state index contributed by atoms with van der Waals surface area (Å²) < 4.78 is 42.3. The Morgan fingerprint density at radius 1 is 1.00 bits per heavy atom. The Bertz CT molecular complexity index is 1340. The molecule has 4 rings (SSSR count). The largest absolute Gasteiger partial charge is 0.434 e. The van der Waals surface area contributed by atoms with Crippen LogP contribution in [0.25, 0.3) is 16.9 Å². The number of anilines is 2. The number of amides is 2. The van der Waals surface area contributed by atoms with Crippen molar-refractivity contribution in [3.63, 3.8) is 0 Å². The van der Waals surface area contributed by atoms with Gasteiger partial charge in [-0.25, -0.2) is 9.67 Å². The lowest BCUT2D eigenvalue weighted by Gasteiger charge is -2.12. The zero-order valence-electron chi connectivity index (χ0n) is 18.0. The second-order valence-electron chi connectivity index (χ2n) is 7.40. The molecule has 7 nitrogen and oxygen atoms in total. The molecule has 11 heteroatoms. The molecule has 0 aliphatic carbocycles. The van der Waals surface area contributed by atoms with Gasteiger partial charge in [0.05, 0.1) is 23.1 Å². The maximum absolute atomic E-state index is 13.9. The fourth-order valence-electron chi connectivity index (χ4n) is 3.22. The van der Waals surface area contributed by atoms with Crippen molar-refractivity contribution in [2.75, 3.05) is 10.6 Å². The number of benzene rings is 2. The first-order chi connectivity index (χ1) is 16.1. The summed E-state index contributed by atoms with van der Waals surface area (Å²) in [6.45, 7) is 3.22. The zero-order chi connectivity index (χ0) is 24.5. The van der Waals surface area contributed by atoms with Crippen molar-refractivity contribution < 1.29 is 22.8 Å². The molecule has 0 unspecified atom stereocenters. The van der Waals surface area contributed by atoms with E-state index in [-0.39, 0.29) is 16.7 Å². The summed E-state index contributed by atoms with van der Waals surface area (Å²) in [6, 6.07) is 13.2. The van der Waals surface area contributed by atoms with E-state index in [1.165, 1.54) is 19.1 Å². The molecule has 0 saturated carbocycles. The number of alkyl halides is 3. The third kappa shape index (κ3) is 4.99. The van der Waals surface area contributed by atoms with Crippen molar-refractivity contribution in [1.82, 2.24) is 14.8 Å². The molecule has 0 radical (unpaired) electrons. The molecule has 0 fully saturated rings. The van der Waals surface area contributed by atoms with Crippen molar-refractivity contribution in [1.29, 1.82) is 0 Å². The SMILES string of the molecule is CC(=O)Nc1ccc(-c2csc(NC(=O)c3cnn(-c4ccc(C)cc4)c3C(F)(F)F)n2)cc1. The highest BCUT2D eigenvalue weighted by Gasteiger charge is 2.40. The Kier molecular flexibility index (Phi) is 6.20. The number of aryl methyl sites for hydroxylation is 1. The van der Waals surface area contributed by atoms with E-state index in [1.54, 1.807) is 41.8 Å². The van der Waals surface area contributed by atoms with Gasteiger partial charge in [0.1, 0.15) is 0 Å². The van der Waals surface area contributed by atoms with Gasteiger partial charge in [0.25, 0.3) is 5.91 Å². The van der Waals surface area contributed by atoms with Crippen LogP contribution in [-0.4, -0.2) is 26.6 Å². The molecule has 0 aliphatic rings. The van der Waals surface area contributed by atoms with Crippen molar-refractivity contribution >= 4 is 34.0 Å². The van der Waals surface area contributed by atoms with Crippen LogP contribution >= 0.6 is 11.3 Å². The van der Waals surface area contributed by atoms with Gasteiger partial charge in [0.2, 0.25) is 5.91 Å². The molecule has 0 saturated heterocycles. The average Bonchev–Trinajstić information content (AvgIpc) is 3.42. The summed E-state index contributed by atoms with van der Waals surface area (Å²) >= 11 is 1.08. The lowest BCUT2D eigenvalue weighted by molar-refractivity contribution is -0.143. The Labute approximate surface area is 196 Å². The number of hydrogen-bond acceptors (Lipinski definition) is 5. The standard InChI is InChI=1S/C23H18F3N5O2S/c1-13-3-9-17(10-4-13)31-20(23(24,25)26)18(11-27-31)21(33)30-22-29-19(12-34-22)15-5-7-16(8-6-15)28-14(2)32/h3-12H,1-2H3,(H,28,32)(H,29,30,33). The Balaban J connectivity index is 1.57. The lowest BCUT2D eigenvalue weighted by Crippen LogP contribution is -2.20. The molecule has 2 amide bonds. The summed E-state index contributed by atoms with van der Waals surface area (Å²) in [7, 11) is 0. The molecule has 2 aromatic heterocycles. The van der Waals surface area contributed by atoms with E-state index in [9.17, 15) is 22.8 Å². The van der Waals surface area contributed by atoms with Crippen LogP contribution < -0.4 is 10.6 Å². The van der Waals surface area contributed by atoms with Gasteiger partial charge in [-0.1, -0.05) is 29.8 Å². The van der Waals surface area contributed by atoms with E-state index in [4.69, 9.17) is 0 Å². The fourth-order valence-corrected chi connectivity index (χ4v) is 3.94. The number of aromatic nitrogens is 3. The quantitative estimate of drug-likeness (QED) is 0.389. The summed E-state index contributed by atoms with van der Waals surface area (Å²) in [4.78, 5) is 28.2. The molecule has 34 heavy (non-hydrogen) atoms.